The van der Waals surface area contributed by atoms with Crippen LogP contribution in [0.1, 0.15) is 30.5 Å². The highest BCUT2D eigenvalue weighted by Crippen LogP contribution is 2.27. The van der Waals surface area contributed by atoms with Gasteiger partial charge in [0, 0.05) is 0 Å². The van der Waals surface area contributed by atoms with Gasteiger partial charge in [0.15, 0.2) is 11.6 Å². The number of nitriles is 1. The number of pyridine rings is 1. The molecule has 1 aromatic carbocycles. The Hall–Kier alpha value is -2.32. The van der Waals surface area contributed by atoms with Crippen molar-refractivity contribution in [2.24, 2.45) is 0 Å². The second-order valence-electron chi connectivity index (χ2n) is 4.65. The minimum Gasteiger partial charge on any atom is -0.497 e. The summed E-state index contributed by atoms with van der Waals surface area (Å²) in [5.41, 5.74) is 0.993. The molecule has 0 radical (unpaired) electrons. The molecule has 114 valence electrons. The van der Waals surface area contributed by atoms with E-state index in [-0.39, 0.29) is 22.6 Å². The molecule has 0 aliphatic carbocycles. The molecular weight excluding hydrogens is 305 g/mol. The minimum atomic E-state index is -0.604. The zero-order valence-electron chi connectivity index (χ0n) is 12.2. The topological polar surface area (TPSA) is 57.9 Å². The summed E-state index contributed by atoms with van der Waals surface area (Å²) in [5.74, 6) is 0.184. The van der Waals surface area contributed by atoms with Gasteiger partial charge in [0.05, 0.1) is 18.7 Å². The molecule has 0 saturated carbocycles. The number of anilines is 1. The summed E-state index contributed by atoms with van der Waals surface area (Å²) >= 11 is 5.86. The highest BCUT2D eigenvalue weighted by atomic mass is 35.5. The van der Waals surface area contributed by atoms with Crippen LogP contribution in [0, 0.1) is 17.1 Å². The standard InChI is InChI=1S/C16H15ClFN3O/c1-3-14(10-4-6-12(22-2)7-5-10)20-16-13(18)8-11(9-19)15(17)21-16/h4-8,14H,3H2,1-2H3,(H,20,21). The zero-order valence-corrected chi connectivity index (χ0v) is 13.0. The third-order valence-electron chi connectivity index (χ3n) is 3.29. The third kappa shape index (κ3) is 3.46. The highest BCUT2D eigenvalue weighted by Gasteiger charge is 2.15. The van der Waals surface area contributed by atoms with Crippen molar-refractivity contribution in [1.29, 1.82) is 5.26 Å². The number of benzene rings is 1. The van der Waals surface area contributed by atoms with Gasteiger partial charge in [-0.25, -0.2) is 9.37 Å². The van der Waals surface area contributed by atoms with Gasteiger partial charge in [-0.2, -0.15) is 5.26 Å². The lowest BCUT2D eigenvalue weighted by Crippen LogP contribution is -2.12. The van der Waals surface area contributed by atoms with Gasteiger partial charge in [0.25, 0.3) is 0 Å². The largest absolute Gasteiger partial charge is 0.497 e. The second kappa shape index (κ2) is 7.10. The van der Waals surface area contributed by atoms with E-state index in [0.29, 0.717) is 0 Å². The van der Waals surface area contributed by atoms with Crippen molar-refractivity contribution in [2.75, 3.05) is 12.4 Å². The van der Waals surface area contributed by atoms with Gasteiger partial charge >= 0.3 is 0 Å². The molecular formula is C16H15ClFN3O. The van der Waals surface area contributed by atoms with Crippen LogP contribution in [0.15, 0.2) is 30.3 Å². The number of aromatic nitrogens is 1. The van der Waals surface area contributed by atoms with E-state index in [0.717, 1.165) is 23.8 Å². The maximum absolute atomic E-state index is 14.0. The summed E-state index contributed by atoms with van der Waals surface area (Å²) < 4.78 is 19.1. The van der Waals surface area contributed by atoms with Crippen LogP contribution in [-0.4, -0.2) is 12.1 Å². The fourth-order valence-corrected chi connectivity index (χ4v) is 2.25. The Labute approximate surface area is 133 Å². The van der Waals surface area contributed by atoms with Gasteiger partial charge < -0.3 is 10.1 Å². The summed E-state index contributed by atoms with van der Waals surface area (Å²) in [6.07, 6.45) is 0.727. The number of nitrogens with one attached hydrogen (secondary N) is 1. The van der Waals surface area contributed by atoms with Crippen molar-refractivity contribution < 1.29 is 9.13 Å². The van der Waals surface area contributed by atoms with Crippen molar-refractivity contribution in [1.82, 2.24) is 4.98 Å². The van der Waals surface area contributed by atoms with Crippen LogP contribution >= 0.6 is 11.6 Å². The van der Waals surface area contributed by atoms with Gasteiger partial charge in [0.1, 0.15) is 17.0 Å². The molecule has 0 aliphatic heterocycles. The fraction of sp³-hybridized carbons (Fsp3) is 0.250. The summed E-state index contributed by atoms with van der Waals surface area (Å²) in [5, 5.41) is 11.8. The van der Waals surface area contributed by atoms with Crippen LogP contribution < -0.4 is 10.1 Å². The summed E-state index contributed by atoms with van der Waals surface area (Å²) in [7, 11) is 1.60. The molecule has 0 amide bonds. The van der Waals surface area contributed by atoms with Crippen molar-refractivity contribution in [3.63, 3.8) is 0 Å². The maximum Gasteiger partial charge on any atom is 0.166 e. The first-order valence-corrected chi connectivity index (χ1v) is 7.13. The molecule has 0 aliphatic rings. The first kappa shape index (κ1) is 16.1. The molecule has 1 atom stereocenters. The first-order chi connectivity index (χ1) is 10.6. The van der Waals surface area contributed by atoms with E-state index in [1.165, 1.54) is 0 Å². The number of ether oxygens (including phenoxy) is 1. The molecule has 4 nitrogen and oxygen atoms in total. The number of nitrogens with zero attached hydrogens (tertiary/aromatic N) is 2. The number of halogens is 2. The maximum atomic E-state index is 14.0. The molecule has 1 aromatic heterocycles. The van der Waals surface area contributed by atoms with Crippen LogP contribution in [0.5, 0.6) is 5.75 Å². The van der Waals surface area contributed by atoms with E-state index in [9.17, 15) is 4.39 Å². The van der Waals surface area contributed by atoms with E-state index < -0.39 is 5.82 Å². The van der Waals surface area contributed by atoms with Gasteiger partial charge in [-0.05, 0) is 30.2 Å². The van der Waals surface area contributed by atoms with E-state index >= 15 is 0 Å². The van der Waals surface area contributed by atoms with Crippen molar-refractivity contribution in [3.8, 4) is 11.8 Å². The molecule has 0 spiro atoms. The van der Waals surface area contributed by atoms with E-state index in [1.807, 2.05) is 31.2 Å². The van der Waals surface area contributed by atoms with E-state index in [2.05, 4.69) is 10.3 Å². The lowest BCUT2D eigenvalue weighted by molar-refractivity contribution is 0.414. The van der Waals surface area contributed by atoms with Crippen LogP contribution in [0.2, 0.25) is 5.15 Å². The van der Waals surface area contributed by atoms with Crippen LogP contribution in [0.4, 0.5) is 10.2 Å². The smallest absolute Gasteiger partial charge is 0.166 e. The van der Waals surface area contributed by atoms with E-state index in [4.69, 9.17) is 21.6 Å². The second-order valence-corrected chi connectivity index (χ2v) is 5.01. The average molecular weight is 320 g/mol. The summed E-state index contributed by atoms with van der Waals surface area (Å²) in [4.78, 5) is 3.92. The van der Waals surface area contributed by atoms with Crippen LogP contribution in [-0.2, 0) is 0 Å². The van der Waals surface area contributed by atoms with Crippen molar-refractivity contribution in [2.45, 2.75) is 19.4 Å². The Morgan fingerprint density at radius 2 is 2.09 bits per heavy atom. The predicted molar refractivity (Wildman–Crippen MR) is 83.6 cm³/mol. The number of hydrogen-bond donors (Lipinski definition) is 1. The highest BCUT2D eigenvalue weighted by molar-refractivity contribution is 6.30. The Bertz CT molecular complexity index is 698. The lowest BCUT2D eigenvalue weighted by Gasteiger charge is -2.19. The molecule has 6 heteroatoms. The normalized spacial score (nSPS) is 11.6. The lowest BCUT2D eigenvalue weighted by atomic mass is 10.0. The minimum absolute atomic E-state index is 0.0159. The molecule has 2 rings (SSSR count). The van der Waals surface area contributed by atoms with Crippen molar-refractivity contribution in [3.05, 3.63) is 52.4 Å². The van der Waals surface area contributed by atoms with Gasteiger partial charge in [-0.3, -0.25) is 0 Å². The fourth-order valence-electron chi connectivity index (χ4n) is 2.07. The summed E-state index contributed by atoms with van der Waals surface area (Å²) in [6.45, 7) is 1.98. The predicted octanol–water partition coefficient (Wildman–Crippen LogP) is 4.32. The van der Waals surface area contributed by atoms with Gasteiger partial charge in [0.2, 0.25) is 0 Å². The third-order valence-corrected chi connectivity index (χ3v) is 3.58. The first-order valence-electron chi connectivity index (χ1n) is 6.75. The average Bonchev–Trinajstić information content (AvgIpc) is 2.55. The van der Waals surface area contributed by atoms with Gasteiger partial charge in [-0.1, -0.05) is 30.7 Å². The summed E-state index contributed by atoms with van der Waals surface area (Å²) in [6, 6.07) is 10.2. The Morgan fingerprint density at radius 3 is 2.64 bits per heavy atom. The monoisotopic (exact) mass is 319 g/mol. The Balaban J connectivity index is 2.26. The Kier molecular flexibility index (Phi) is 5.18. The van der Waals surface area contributed by atoms with Gasteiger partial charge in [-0.15, -0.1) is 0 Å². The number of methoxy groups -OCH3 is 1. The van der Waals surface area contributed by atoms with Crippen LogP contribution in [0.3, 0.4) is 0 Å². The number of hydrogen-bond acceptors (Lipinski definition) is 4. The molecule has 0 fully saturated rings. The molecule has 2 aromatic rings. The number of rotatable bonds is 5. The molecule has 1 heterocycles. The molecule has 1 unspecified atom stereocenters. The van der Waals surface area contributed by atoms with E-state index in [1.54, 1.807) is 13.2 Å². The van der Waals surface area contributed by atoms with Crippen LogP contribution in [0.25, 0.3) is 0 Å². The molecule has 1 N–H and O–H groups in total. The SMILES string of the molecule is CCC(Nc1nc(Cl)c(C#N)cc1F)c1ccc(OC)cc1. The van der Waals surface area contributed by atoms with Crippen molar-refractivity contribution >= 4 is 17.4 Å². The zero-order chi connectivity index (χ0) is 16.1. The molecule has 22 heavy (non-hydrogen) atoms. The quantitative estimate of drug-likeness (QED) is 0.834. The molecule has 0 bridgehead atoms. The Morgan fingerprint density at radius 1 is 1.41 bits per heavy atom. The molecule has 0 saturated heterocycles.